The molecule has 1 unspecified atom stereocenters. The molecule has 4 heteroatoms. The van der Waals surface area contributed by atoms with Crippen molar-refractivity contribution in [3.8, 4) is 0 Å². The first-order chi connectivity index (χ1) is 7.34. The van der Waals surface area contributed by atoms with Crippen LogP contribution in [0.2, 0.25) is 0 Å². The van der Waals surface area contributed by atoms with Crippen LogP contribution in [0.3, 0.4) is 0 Å². The fraction of sp³-hybridized carbons (Fsp3) is 0.636. The van der Waals surface area contributed by atoms with Gasteiger partial charge in [0, 0.05) is 32.1 Å². The summed E-state index contributed by atoms with van der Waals surface area (Å²) >= 11 is 0. The first-order valence-electron chi connectivity index (χ1n) is 5.40. The van der Waals surface area contributed by atoms with Crippen LogP contribution in [0.15, 0.2) is 12.4 Å². The van der Waals surface area contributed by atoms with Gasteiger partial charge in [-0.05, 0) is 19.3 Å². The standard InChI is InChI=1S/C11H17N3O/c1-9-4-14-11(7-13-9)6-12-5-10-2-3-15-8-10/h4,7,10,12H,2-3,5-6,8H2,1H3. The van der Waals surface area contributed by atoms with Gasteiger partial charge in [0.2, 0.25) is 0 Å². The quantitative estimate of drug-likeness (QED) is 0.797. The summed E-state index contributed by atoms with van der Waals surface area (Å²) in [6.45, 7) is 5.56. The van der Waals surface area contributed by atoms with Gasteiger partial charge in [-0.2, -0.15) is 0 Å². The molecule has 1 aromatic heterocycles. The van der Waals surface area contributed by atoms with E-state index in [1.165, 1.54) is 6.42 Å². The van der Waals surface area contributed by atoms with Crippen LogP contribution < -0.4 is 5.32 Å². The first kappa shape index (κ1) is 10.5. The maximum atomic E-state index is 5.31. The van der Waals surface area contributed by atoms with Gasteiger partial charge >= 0.3 is 0 Å². The number of hydrogen-bond donors (Lipinski definition) is 1. The minimum absolute atomic E-state index is 0.670. The Labute approximate surface area is 90.1 Å². The highest BCUT2D eigenvalue weighted by atomic mass is 16.5. The van der Waals surface area contributed by atoms with Crippen molar-refractivity contribution >= 4 is 0 Å². The topological polar surface area (TPSA) is 47.0 Å². The summed E-state index contributed by atoms with van der Waals surface area (Å²) in [6, 6.07) is 0. The molecule has 0 saturated carbocycles. The van der Waals surface area contributed by atoms with Crippen molar-refractivity contribution in [3.05, 3.63) is 23.8 Å². The zero-order chi connectivity index (χ0) is 10.5. The van der Waals surface area contributed by atoms with Gasteiger partial charge in [0.25, 0.3) is 0 Å². The van der Waals surface area contributed by atoms with Crippen LogP contribution in [0.1, 0.15) is 17.8 Å². The van der Waals surface area contributed by atoms with E-state index in [1.54, 1.807) is 6.20 Å². The van der Waals surface area contributed by atoms with Crippen molar-refractivity contribution in [1.82, 2.24) is 15.3 Å². The summed E-state index contributed by atoms with van der Waals surface area (Å²) in [5.74, 6) is 0.670. The monoisotopic (exact) mass is 207 g/mol. The normalized spacial score (nSPS) is 20.7. The van der Waals surface area contributed by atoms with Crippen LogP contribution in [0.4, 0.5) is 0 Å². The summed E-state index contributed by atoms with van der Waals surface area (Å²) in [6.07, 6.45) is 4.80. The van der Waals surface area contributed by atoms with Crippen LogP contribution in [0.5, 0.6) is 0 Å². The van der Waals surface area contributed by atoms with Crippen molar-refractivity contribution in [1.29, 1.82) is 0 Å². The number of nitrogens with zero attached hydrogens (tertiary/aromatic N) is 2. The van der Waals surface area contributed by atoms with E-state index in [0.29, 0.717) is 5.92 Å². The lowest BCUT2D eigenvalue weighted by Crippen LogP contribution is -2.23. The average Bonchev–Trinajstić information content (AvgIpc) is 2.74. The van der Waals surface area contributed by atoms with Crippen molar-refractivity contribution in [2.45, 2.75) is 19.9 Å². The molecule has 0 amide bonds. The molecule has 1 atom stereocenters. The second-order valence-corrected chi connectivity index (χ2v) is 4.01. The molecular weight excluding hydrogens is 190 g/mol. The highest BCUT2D eigenvalue weighted by molar-refractivity contribution is 5.00. The zero-order valence-corrected chi connectivity index (χ0v) is 9.07. The maximum absolute atomic E-state index is 5.31. The number of aromatic nitrogens is 2. The summed E-state index contributed by atoms with van der Waals surface area (Å²) in [5, 5.41) is 3.38. The number of aryl methyl sites for hydroxylation is 1. The van der Waals surface area contributed by atoms with Gasteiger partial charge in [-0.15, -0.1) is 0 Å². The molecule has 1 aliphatic rings. The highest BCUT2D eigenvalue weighted by Gasteiger charge is 2.14. The lowest BCUT2D eigenvalue weighted by molar-refractivity contribution is 0.185. The Morgan fingerprint density at radius 3 is 3.07 bits per heavy atom. The predicted molar refractivity (Wildman–Crippen MR) is 57.4 cm³/mol. The van der Waals surface area contributed by atoms with Crippen molar-refractivity contribution in [2.75, 3.05) is 19.8 Å². The smallest absolute Gasteiger partial charge is 0.0724 e. The Kier molecular flexibility index (Phi) is 3.64. The fourth-order valence-electron chi connectivity index (χ4n) is 1.66. The number of hydrogen-bond acceptors (Lipinski definition) is 4. The molecule has 0 spiro atoms. The van der Waals surface area contributed by atoms with Crippen LogP contribution >= 0.6 is 0 Å². The van der Waals surface area contributed by atoms with E-state index in [2.05, 4.69) is 15.3 Å². The van der Waals surface area contributed by atoms with Gasteiger partial charge in [-0.1, -0.05) is 0 Å². The summed E-state index contributed by atoms with van der Waals surface area (Å²) in [5.41, 5.74) is 1.96. The molecule has 0 radical (unpaired) electrons. The van der Waals surface area contributed by atoms with Gasteiger partial charge in [-0.3, -0.25) is 9.97 Å². The van der Waals surface area contributed by atoms with Gasteiger partial charge in [0.15, 0.2) is 0 Å². The average molecular weight is 207 g/mol. The van der Waals surface area contributed by atoms with E-state index in [4.69, 9.17) is 4.74 Å². The summed E-state index contributed by atoms with van der Waals surface area (Å²) in [4.78, 5) is 8.49. The van der Waals surface area contributed by atoms with Gasteiger partial charge < -0.3 is 10.1 Å². The molecular formula is C11H17N3O. The van der Waals surface area contributed by atoms with E-state index in [0.717, 1.165) is 37.7 Å². The summed E-state index contributed by atoms with van der Waals surface area (Å²) < 4.78 is 5.31. The number of ether oxygens (including phenoxy) is 1. The molecule has 0 aliphatic carbocycles. The molecule has 1 N–H and O–H groups in total. The lowest BCUT2D eigenvalue weighted by atomic mass is 10.1. The van der Waals surface area contributed by atoms with Gasteiger partial charge in [0.1, 0.15) is 0 Å². The maximum Gasteiger partial charge on any atom is 0.0724 e. The Hall–Kier alpha value is -1.00. The van der Waals surface area contributed by atoms with Crippen molar-refractivity contribution < 1.29 is 4.74 Å². The first-order valence-corrected chi connectivity index (χ1v) is 5.40. The van der Waals surface area contributed by atoms with E-state index < -0.39 is 0 Å². The lowest BCUT2D eigenvalue weighted by Gasteiger charge is -2.08. The minimum atomic E-state index is 0.670. The van der Waals surface area contributed by atoms with E-state index in [1.807, 2.05) is 13.1 Å². The molecule has 4 nitrogen and oxygen atoms in total. The fourth-order valence-corrected chi connectivity index (χ4v) is 1.66. The molecule has 2 heterocycles. The second-order valence-electron chi connectivity index (χ2n) is 4.01. The molecule has 2 rings (SSSR count). The van der Waals surface area contributed by atoms with Crippen molar-refractivity contribution in [2.24, 2.45) is 5.92 Å². The Balaban J connectivity index is 1.71. The third kappa shape index (κ3) is 3.25. The Morgan fingerprint density at radius 2 is 2.40 bits per heavy atom. The molecule has 15 heavy (non-hydrogen) atoms. The molecule has 0 bridgehead atoms. The van der Waals surface area contributed by atoms with Crippen LogP contribution in [-0.4, -0.2) is 29.7 Å². The molecule has 82 valence electrons. The predicted octanol–water partition coefficient (Wildman–Crippen LogP) is 0.911. The molecule has 0 aromatic carbocycles. The number of rotatable bonds is 4. The minimum Gasteiger partial charge on any atom is -0.381 e. The molecule has 1 aliphatic heterocycles. The van der Waals surface area contributed by atoms with Gasteiger partial charge in [-0.25, -0.2) is 0 Å². The van der Waals surface area contributed by atoms with Crippen molar-refractivity contribution in [3.63, 3.8) is 0 Å². The number of nitrogens with one attached hydrogen (secondary N) is 1. The van der Waals surface area contributed by atoms with Crippen LogP contribution in [0.25, 0.3) is 0 Å². The molecule has 1 saturated heterocycles. The zero-order valence-electron chi connectivity index (χ0n) is 9.07. The Morgan fingerprint density at radius 1 is 1.47 bits per heavy atom. The molecule has 1 fully saturated rings. The Bertz CT molecular complexity index is 293. The summed E-state index contributed by atoms with van der Waals surface area (Å²) in [7, 11) is 0. The largest absolute Gasteiger partial charge is 0.381 e. The van der Waals surface area contributed by atoms with Gasteiger partial charge in [0.05, 0.1) is 18.0 Å². The third-order valence-corrected chi connectivity index (χ3v) is 2.60. The highest BCUT2D eigenvalue weighted by Crippen LogP contribution is 2.10. The third-order valence-electron chi connectivity index (χ3n) is 2.60. The van der Waals surface area contributed by atoms with E-state index in [9.17, 15) is 0 Å². The van der Waals surface area contributed by atoms with E-state index in [-0.39, 0.29) is 0 Å². The van der Waals surface area contributed by atoms with Crippen LogP contribution in [-0.2, 0) is 11.3 Å². The van der Waals surface area contributed by atoms with Crippen LogP contribution in [0, 0.1) is 12.8 Å². The molecule has 1 aromatic rings. The second kappa shape index (κ2) is 5.19. The SMILES string of the molecule is Cc1cnc(CNCC2CCOC2)cn1. The van der Waals surface area contributed by atoms with E-state index >= 15 is 0 Å².